The Bertz CT molecular complexity index is 1740. The Hall–Kier alpha value is -4.68. The number of urea groups is 1. The van der Waals surface area contributed by atoms with E-state index in [1.807, 2.05) is 42.5 Å². The predicted molar refractivity (Wildman–Crippen MR) is 210 cm³/mol. The van der Waals surface area contributed by atoms with Gasteiger partial charge in [-0.25, -0.2) is 14.4 Å². The third-order valence-electron chi connectivity index (χ3n) is 12.0. The van der Waals surface area contributed by atoms with Gasteiger partial charge in [-0.3, -0.25) is 14.4 Å². The van der Waals surface area contributed by atoms with Crippen molar-refractivity contribution < 1.29 is 44.1 Å². The van der Waals surface area contributed by atoms with Crippen LogP contribution in [0.5, 0.6) is 0 Å². The van der Waals surface area contributed by atoms with Gasteiger partial charge in [0.2, 0.25) is 11.8 Å². The van der Waals surface area contributed by atoms with Crippen molar-refractivity contribution in [1.82, 2.24) is 21.3 Å². The number of carboxylic acids is 3. The molecule has 3 rings (SSSR count). The van der Waals surface area contributed by atoms with Crippen molar-refractivity contribution in [3.63, 3.8) is 0 Å². The molecular weight excluding hydrogens is 704 g/mol. The number of aliphatic carboxylic acids is 3. The molecular formula is C42H62N4O9. The van der Waals surface area contributed by atoms with Crippen molar-refractivity contribution in [3.05, 3.63) is 48.0 Å². The fourth-order valence-electron chi connectivity index (χ4n) is 7.83. The summed E-state index contributed by atoms with van der Waals surface area (Å²) in [5, 5.41) is 42.8. The van der Waals surface area contributed by atoms with Crippen LogP contribution in [-0.4, -0.2) is 74.7 Å². The van der Waals surface area contributed by atoms with Crippen LogP contribution in [0.25, 0.3) is 10.8 Å². The van der Waals surface area contributed by atoms with Gasteiger partial charge in [0.1, 0.15) is 18.1 Å². The summed E-state index contributed by atoms with van der Waals surface area (Å²) >= 11 is 0. The molecule has 1 aliphatic carbocycles. The molecule has 4 amide bonds. The molecule has 2 aromatic carbocycles. The highest BCUT2D eigenvalue weighted by Crippen LogP contribution is 2.38. The molecule has 0 bridgehead atoms. The third-order valence-corrected chi connectivity index (χ3v) is 12.0. The van der Waals surface area contributed by atoms with Crippen LogP contribution in [0.4, 0.5) is 4.79 Å². The number of amides is 4. The van der Waals surface area contributed by atoms with E-state index in [1.165, 1.54) is 27.7 Å². The average Bonchev–Trinajstić information content (AvgIpc) is 3.07. The summed E-state index contributed by atoms with van der Waals surface area (Å²) < 4.78 is 0. The fourth-order valence-corrected chi connectivity index (χ4v) is 7.83. The molecule has 304 valence electrons. The van der Waals surface area contributed by atoms with Crippen molar-refractivity contribution in [1.29, 1.82) is 0 Å². The maximum atomic E-state index is 14.3. The van der Waals surface area contributed by atoms with Gasteiger partial charge >= 0.3 is 23.9 Å². The minimum absolute atomic E-state index is 0.115. The maximum Gasteiger partial charge on any atom is 0.326 e. The van der Waals surface area contributed by atoms with E-state index in [2.05, 4.69) is 35.1 Å². The molecule has 0 saturated heterocycles. The van der Waals surface area contributed by atoms with Crippen LogP contribution in [0, 0.1) is 34.0 Å². The molecule has 13 nitrogen and oxygen atoms in total. The first-order valence-electron chi connectivity index (χ1n) is 19.1. The summed E-state index contributed by atoms with van der Waals surface area (Å²) in [7, 11) is 0. The van der Waals surface area contributed by atoms with Crippen LogP contribution < -0.4 is 21.3 Å². The molecule has 2 aromatic rings. The average molecular weight is 767 g/mol. The van der Waals surface area contributed by atoms with Crippen molar-refractivity contribution in [2.45, 2.75) is 131 Å². The monoisotopic (exact) mass is 766 g/mol. The van der Waals surface area contributed by atoms with Crippen LogP contribution in [-0.2, 0) is 30.4 Å². The molecule has 0 heterocycles. The lowest BCUT2D eigenvalue weighted by Gasteiger charge is -2.46. The molecule has 13 heteroatoms. The van der Waals surface area contributed by atoms with Crippen molar-refractivity contribution in [3.8, 4) is 0 Å². The van der Waals surface area contributed by atoms with Crippen molar-refractivity contribution in [2.75, 3.05) is 0 Å². The third kappa shape index (κ3) is 11.2. The molecule has 7 N–H and O–H groups in total. The summed E-state index contributed by atoms with van der Waals surface area (Å²) in [4.78, 5) is 78.2. The second-order valence-corrected chi connectivity index (χ2v) is 18.2. The van der Waals surface area contributed by atoms with Gasteiger partial charge in [-0.15, -0.1) is 0 Å². The molecule has 55 heavy (non-hydrogen) atoms. The van der Waals surface area contributed by atoms with E-state index in [9.17, 15) is 44.1 Å². The van der Waals surface area contributed by atoms with Crippen LogP contribution >= 0.6 is 0 Å². The largest absolute Gasteiger partial charge is 0.481 e. The summed E-state index contributed by atoms with van der Waals surface area (Å²) in [6.07, 6.45) is 3.37. The Labute approximate surface area is 324 Å². The number of nitrogens with one attached hydrogen (secondary N) is 4. The number of carboxylic acid groups (broad SMARTS) is 3. The molecule has 1 aliphatic rings. The molecule has 0 radical (unpaired) electrons. The van der Waals surface area contributed by atoms with Crippen LogP contribution in [0.15, 0.2) is 42.5 Å². The zero-order valence-electron chi connectivity index (χ0n) is 34.0. The zero-order chi connectivity index (χ0) is 41.7. The van der Waals surface area contributed by atoms with Crippen molar-refractivity contribution >= 4 is 46.5 Å². The number of hydrogen-bond acceptors (Lipinski definition) is 6. The van der Waals surface area contributed by atoms with Gasteiger partial charge in [-0.05, 0) is 93.4 Å². The summed E-state index contributed by atoms with van der Waals surface area (Å²) in [5.74, 6) is -3.89. The number of rotatable bonds is 17. The normalized spacial score (nSPS) is 18.5. The number of benzene rings is 2. The number of carbonyl (C=O) groups excluding carboxylic acids is 3. The SMILES string of the molecule is CC(C)C1CCC(C(=O)NC(Cc2ccc3ccccc3c2)C(=O)NC(C)(C)C(C)(C)C(NC(=O)NC(C(=O)O)C(C)(C)CC(C)(C)C(=O)O)C(=O)O)CC1. The second kappa shape index (κ2) is 17.4. The Balaban J connectivity index is 1.85. The Morgan fingerprint density at radius 1 is 0.727 bits per heavy atom. The quantitative estimate of drug-likeness (QED) is 0.101. The molecule has 0 spiro atoms. The fraction of sp³-hybridized carbons (Fsp3) is 0.619. The van der Waals surface area contributed by atoms with Gasteiger partial charge in [-0.1, -0.05) is 84.0 Å². The van der Waals surface area contributed by atoms with Crippen LogP contribution in [0.2, 0.25) is 0 Å². The van der Waals surface area contributed by atoms with Crippen molar-refractivity contribution in [2.24, 2.45) is 34.0 Å². The Morgan fingerprint density at radius 3 is 1.80 bits per heavy atom. The molecule has 1 fully saturated rings. The van der Waals surface area contributed by atoms with E-state index in [4.69, 9.17) is 0 Å². The number of fused-ring (bicyclic) bond motifs is 1. The van der Waals surface area contributed by atoms with Gasteiger partial charge in [0.15, 0.2) is 0 Å². The molecule has 1 saturated carbocycles. The first kappa shape index (κ1) is 44.7. The van der Waals surface area contributed by atoms with Crippen LogP contribution in [0.1, 0.15) is 107 Å². The molecule has 3 atom stereocenters. The van der Waals surface area contributed by atoms with Crippen LogP contribution in [0.3, 0.4) is 0 Å². The molecule has 0 aliphatic heterocycles. The Kier molecular flexibility index (Phi) is 14.2. The topological polar surface area (TPSA) is 211 Å². The van der Waals surface area contributed by atoms with Gasteiger partial charge in [0.05, 0.1) is 5.41 Å². The number of hydrogen-bond donors (Lipinski definition) is 7. The lowest BCUT2D eigenvalue weighted by Crippen LogP contribution is -2.67. The van der Waals surface area contributed by atoms with E-state index in [-0.39, 0.29) is 24.7 Å². The first-order valence-corrected chi connectivity index (χ1v) is 19.1. The second-order valence-electron chi connectivity index (χ2n) is 18.2. The van der Waals surface area contributed by atoms with E-state index in [1.54, 1.807) is 27.7 Å². The van der Waals surface area contributed by atoms with E-state index in [0.717, 1.165) is 42.0 Å². The highest BCUT2D eigenvalue weighted by atomic mass is 16.4. The minimum Gasteiger partial charge on any atom is -0.481 e. The lowest BCUT2D eigenvalue weighted by molar-refractivity contribution is -0.151. The smallest absolute Gasteiger partial charge is 0.326 e. The van der Waals surface area contributed by atoms with Gasteiger partial charge in [-0.2, -0.15) is 0 Å². The standard InChI is InChI=1S/C42H62N4O9/c1-24(2)26-17-19-28(20-18-26)33(47)43-30(22-25-15-16-27-13-11-12-14-29(27)21-25)34(48)46-42(9,10)41(7,8)32(36(51)52)45-38(55)44-31(35(49)50)39(3,4)23-40(5,6)37(53)54/h11-16,21,24,26,28,30-32H,17-20,22-23H2,1-10H3,(H,43,47)(H,46,48)(H,49,50)(H,51,52)(H,53,54)(H2,44,45,55). The highest BCUT2D eigenvalue weighted by molar-refractivity contribution is 5.90. The summed E-state index contributed by atoms with van der Waals surface area (Å²) in [6.45, 7) is 16.7. The molecule has 3 unspecified atom stereocenters. The van der Waals surface area contributed by atoms with E-state index >= 15 is 0 Å². The zero-order valence-corrected chi connectivity index (χ0v) is 34.0. The minimum atomic E-state index is -1.64. The van der Waals surface area contributed by atoms with Gasteiger partial charge < -0.3 is 36.6 Å². The van der Waals surface area contributed by atoms with E-state index in [0.29, 0.717) is 11.8 Å². The summed E-state index contributed by atoms with van der Waals surface area (Å²) in [5.41, 5.74) is -4.48. The predicted octanol–water partition coefficient (Wildman–Crippen LogP) is 5.98. The number of carbonyl (C=O) groups is 6. The van der Waals surface area contributed by atoms with E-state index < -0.39 is 69.8 Å². The summed E-state index contributed by atoms with van der Waals surface area (Å²) in [6, 6.07) is 8.35. The molecule has 0 aromatic heterocycles. The maximum absolute atomic E-state index is 14.3. The van der Waals surface area contributed by atoms with Gasteiger partial charge in [0, 0.05) is 23.3 Å². The first-order chi connectivity index (χ1) is 25.3. The Morgan fingerprint density at radius 2 is 1.27 bits per heavy atom. The van der Waals surface area contributed by atoms with Gasteiger partial charge in [0.25, 0.3) is 0 Å². The lowest BCUT2D eigenvalue weighted by atomic mass is 9.69. The highest BCUT2D eigenvalue weighted by Gasteiger charge is 2.50.